The quantitative estimate of drug-likeness (QED) is 0.876. The number of amides is 1. The molecule has 2 rings (SSSR count). The first-order valence-electron chi connectivity index (χ1n) is 7.75. The van der Waals surface area contributed by atoms with Crippen molar-refractivity contribution in [3.8, 4) is 5.75 Å². The zero-order valence-corrected chi connectivity index (χ0v) is 13.2. The summed E-state index contributed by atoms with van der Waals surface area (Å²) in [5.41, 5.74) is 0.770. The first kappa shape index (κ1) is 15.8. The molecule has 1 fully saturated rings. The lowest BCUT2D eigenvalue weighted by molar-refractivity contribution is -0.115. The highest BCUT2D eigenvalue weighted by atomic mass is 16.5. The Morgan fingerprint density at radius 2 is 2.14 bits per heavy atom. The predicted molar refractivity (Wildman–Crippen MR) is 85.6 cm³/mol. The van der Waals surface area contributed by atoms with Gasteiger partial charge in [-0.2, -0.15) is 0 Å². The van der Waals surface area contributed by atoms with Crippen molar-refractivity contribution >= 4 is 11.6 Å². The van der Waals surface area contributed by atoms with E-state index < -0.39 is 0 Å². The van der Waals surface area contributed by atoms with E-state index in [1.54, 1.807) is 7.11 Å². The van der Waals surface area contributed by atoms with Crippen molar-refractivity contribution in [1.29, 1.82) is 0 Å². The highest BCUT2D eigenvalue weighted by Crippen LogP contribution is 2.28. The molecule has 0 saturated heterocycles. The molecule has 4 nitrogen and oxygen atoms in total. The van der Waals surface area contributed by atoms with Gasteiger partial charge >= 0.3 is 0 Å². The van der Waals surface area contributed by atoms with Crippen LogP contribution in [0.5, 0.6) is 5.75 Å². The molecule has 1 aliphatic carbocycles. The minimum Gasteiger partial charge on any atom is -0.497 e. The largest absolute Gasteiger partial charge is 0.497 e. The van der Waals surface area contributed by atoms with Crippen molar-refractivity contribution in [3.63, 3.8) is 0 Å². The van der Waals surface area contributed by atoms with E-state index in [2.05, 4.69) is 24.5 Å². The van der Waals surface area contributed by atoms with E-state index >= 15 is 0 Å². The van der Waals surface area contributed by atoms with Crippen molar-refractivity contribution < 1.29 is 9.53 Å². The second-order valence-electron chi connectivity index (χ2n) is 6.16. The van der Waals surface area contributed by atoms with Gasteiger partial charge in [0.2, 0.25) is 5.91 Å². The van der Waals surface area contributed by atoms with Crippen LogP contribution in [0, 0.1) is 11.8 Å². The molecule has 0 heterocycles. The van der Waals surface area contributed by atoms with Crippen LogP contribution in [0.3, 0.4) is 0 Å². The van der Waals surface area contributed by atoms with Crippen molar-refractivity contribution in [2.24, 2.45) is 11.8 Å². The maximum atomic E-state index is 12.0. The molecule has 116 valence electrons. The molecular weight excluding hydrogens is 264 g/mol. The number of anilines is 1. The normalized spacial score (nSPS) is 25.4. The molecular formula is C17H26N2O2. The summed E-state index contributed by atoms with van der Waals surface area (Å²) < 4.78 is 5.15. The van der Waals surface area contributed by atoms with Gasteiger partial charge in [0, 0.05) is 17.8 Å². The fourth-order valence-electron chi connectivity index (χ4n) is 3.10. The maximum Gasteiger partial charge on any atom is 0.238 e. The Labute approximate surface area is 127 Å². The first-order chi connectivity index (χ1) is 10.1. The summed E-state index contributed by atoms with van der Waals surface area (Å²) in [7, 11) is 1.62. The molecule has 1 aromatic carbocycles. The van der Waals surface area contributed by atoms with Crippen LogP contribution < -0.4 is 15.4 Å². The zero-order chi connectivity index (χ0) is 15.2. The molecule has 0 bridgehead atoms. The molecule has 3 atom stereocenters. The van der Waals surface area contributed by atoms with Crippen LogP contribution in [0.25, 0.3) is 0 Å². The summed E-state index contributed by atoms with van der Waals surface area (Å²) in [5.74, 6) is 2.19. The Balaban J connectivity index is 1.79. The number of carbonyl (C=O) groups is 1. The molecule has 4 heteroatoms. The van der Waals surface area contributed by atoms with Gasteiger partial charge < -0.3 is 15.4 Å². The summed E-state index contributed by atoms with van der Waals surface area (Å²) >= 11 is 0. The lowest BCUT2D eigenvalue weighted by atomic mass is 9.80. The van der Waals surface area contributed by atoms with Gasteiger partial charge in [0.1, 0.15) is 5.75 Å². The predicted octanol–water partition coefficient (Wildman–Crippen LogP) is 3.05. The molecule has 3 unspecified atom stereocenters. The Morgan fingerprint density at radius 3 is 2.86 bits per heavy atom. The third-order valence-corrected chi connectivity index (χ3v) is 4.31. The Morgan fingerprint density at radius 1 is 1.33 bits per heavy atom. The fraction of sp³-hybridized carbons (Fsp3) is 0.588. The number of hydrogen-bond donors (Lipinski definition) is 2. The minimum atomic E-state index is -0.00549. The molecule has 0 spiro atoms. The second kappa shape index (κ2) is 7.46. The average Bonchev–Trinajstić information content (AvgIpc) is 2.46. The summed E-state index contributed by atoms with van der Waals surface area (Å²) in [6.45, 7) is 4.94. The van der Waals surface area contributed by atoms with E-state index in [9.17, 15) is 4.79 Å². The third kappa shape index (κ3) is 4.74. The van der Waals surface area contributed by atoms with Crippen molar-refractivity contribution in [2.75, 3.05) is 19.0 Å². The second-order valence-corrected chi connectivity index (χ2v) is 6.16. The number of benzene rings is 1. The van der Waals surface area contributed by atoms with E-state index in [0.29, 0.717) is 18.5 Å². The maximum absolute atomic E-state index is 12.0. The van der Waals surface area contributed by atoms with E-state index in [1.165, 1.54) is 12.8 Å². The summed E-state index contributed by atoms with van der Waals surface area (Å²) in [6, 6.07) is 7.87. The number of rotatable bonds is 5. The van der Waals surface area contributed by atoms with Crippen LogP contribution in [0.2, 0.25) is 0 Å². The summed E-state index contributed by atoms with van der Waals surface area (Å²) in [4.78, 5) is 12.0. The van der Waals surface area contributed by atoms with Crippen LogP contribution in [0.4, 0.5) is 5.69 Å². The number of hydrogen-bond acceptors (Lipinski definition) is 3. The van der Waals surface area contributed by atoms with E-state index in [0.717, 1.165) is 23.8 Å². The van der Waals surface area contributed by atoms with Gasteiger partial charge in [0.25, 0.3) is 0 Å². The molecule has 1 aromatic rings. The van der Waals surface area contributed by atoms with Crippen LogP contribution >= 0.6 is 0 Å². The molecule has 0 radical (unpaired) electrons. The Kier molecular flexibility index (Phi) is 5.62. The highest BCUT2D eigenvalue weighted by Gasteiger charge is 2.25. The molecule has 1 saturated carbocycles. The highest BCUT2D eigenvalue weighted by molar-refractivity contribution is 5.92. The Bertz CT molecular complexity index is 476. The van der Waals surface area contributed by atoms with Crippen LogP contribution in [0.15, 0.2) is 24.3 Å². The molecule has 1 aliphatic rings. The average molecular weight is 290 g/mol. The summed E-state index contributed by atoms with van der Waals surface area (Å²) in [5, 5.41) is 6.30. The van der Waals surface area contributed by atoms with E-state index in [1.807, 2.05) is 24.3 Å². The fourth-order valence-corrected chi connectivity index (χ4v) is 3.10. The first-order valence-corrected chi connectivity index (χ1v) is 7.75. The van der Waals surface area contributed by atoms with Crippen molar-refractivity contribution in [3.05, 3.63) is 24.3 Å². The van der Waals surface area contributed by atoms with Crippen LogP contribution in [0.1, 0.15) is 33.1 Å². The number of nitrogens with one attached hydrogen (secondary N) is 2. The van der Waals surface area contributed by atoms with Gasteiger partial charge in [-0.3, -0.25) is 4.79 Å². The van der Waals surface area contributed by atoms with E-state index in [4.69, 9.17) is 4.74 Å². The van der Waals surface area contributed by atoms with Crippen molar-refractivity contribution in [2.45, 2.75) is 39.2 Å². The standard InChI is InChI=1S/C17H26N2O2/c1-12-7-8-16(13(2)9-12)18-11-17(20)19-14-5-4-6-15(10-14)21-3/h4-6,10,12-13,16,18H,7-9,11H2,1-3H3,(H,19,20). The monoisotopic (exact) mass is 290 g/mol. The third-order valence-electron chi connectivity index (χ3n) is 4.31. The van der Waals surface area contributed by atoms with Crippen LogP contribution in [-0.4, -0.2) is 25.6 Å². The summed E-state index contributed by atoms with van der Waals surface area (Å²) in [6.07, 6.45) is 3.66. The lowest BCUT2D eigenvalue weighted by Gasteiger charge is -2.33. The minimum absolute atomic E-state index is 0.00549. The van der Waals surface area contributed by atoms with Gasteiger partial charge in [0.15, 0.2) is 0 Å². The molecule has 2 N–H and O–H groups in total. The molecule has 0 aliphatic heterocycles. The SMILES string of the molecule is COc1cccc(NC(=O)CNC2CCC(C)CC2C)c1. The topological polar surface area (TPSA) is 50.4 Å². The van der Waals surface area contributed by atoms with Gasteiger partial charge in [-0.1, -0.05) is 19.9 Å². The van der Waals surface area contributed by atoms with Gasteiger partial charge in [-0.25, -0.2) is 0 Å². The molecule has 0 aromatic heterocycles. The number of ether oxygens (including phenoxy) is 1. The van der Waals surface area contributed by atoms with Crippen molar-refractivity contribution in [1.82, 2.24) is 5.32 Å². The Hall–Kier alpha value is -1.55. The number of methoxy groups -OCH3 is 1. The van der Waals surface area contributed by atoms with Gasteiger partial charge in [0.05, 0.1) is 13.7 Å². The van der Waals surface area contributed by atoms with E-state index in [-0.39, 0.29) is 5.91 Å². The molecule has 1 amide bonds. The van der Waals surface area contributed by atoms with Crippen LogP contribution in [-0.2, 0) is 4.79 Å². The lowest BCUT2D eigenvalue weighted by Crippen LogP contribution is -2.42. The van der Waals surface area contributed by atoms with Gasteiger partial charge in [-0.05, 0) is 43.2 Å². The number of carbonyl (C=O) groups excluding carboxylic acids is 1. The molecule has 21 heavy (non-hydrogen) atoms. The zero-order valence-electron chi connectivity index (χ0n) is 13.2. The van der Waals surface area contributed by atoms with Gasteiger partial charge in [-0.15, -0.1) is 0 Å². The smallest absolute Gasteiger partial charge is 0.238 e.